The summed E-state index contributed by atoms with van der Waals surface area (Å²) in [7, 11) is 0. The molecule has 2 aromatic heterocycles. The van der Waals surface area contributed by atoms with E-state index in [0.29, 0.717) is 69.7 Å². The molecule has 0 spiro atoms. The largest absolute Gasteiger partial charge is 1.00 e. The van der Waals surface area contributed by atoms with E-state index in [1.807, 2.05) is 37.5 Å². The van der Waals surface area contributed by atoms with Crippen molar-refractivity contribution >= 4 is 11.9 Å². The Bertz CT molecular complexity index is 1510. The number of carboxylic acid groups (broad SMARTS) is 1. The molecule has 4 rings (SSSR count). The Balaban J connectivity index is 0.000000929. The first-order valence-electron chi connectivity index (χ1n) is 16.5. The Morgan fingerprint density at radius 2 is 1.16 bits per heavy atom. The molecule has 2 fully saturated rings. The fraction of sp³-hybridized carbons (Fsp3) is 0.647. The van der Waals surface area contributed by atoms with Gasteiger partial charge in [0.2, 0.25) is 0 Å². The molecular weight excluding hydrogens is 675 g/mol. The monoisotopic (exact) mass is 725 g/mol. The van der Waals surface area contributed by atoms with Gasteiger partial charge in [0.15, 0.2) is 11.6 Å². The molecule has 0 saturated carbocycles. The number of carbonyl (C=O) groups excluding carboxylic acids is 1. The summed E-state index contributed by atoms with van der Waals surface area (Å²) in [4.78, 5) is 51.7. The van der Waals surface area contributed by atoms with Crippen molar-refractivity contribution in [2.24, 2.45) is 11.8 Å². The molecule has 2 aromatic rings. The molecule has 284 valence electrons. The van der Waals surface area contributed by atoms with Crippen LogP contribution >= 0.6 is 0 Å². The van der Waals surface area contributed by atoms with E-state index in [1.165, 1.54) is 18.5 Å². The van der Waals surface area contributed by atoms with Gasteiger partial charge in [-0.3, -0.25) is 28.5 Å². The first-order valence-corrected chi connectivity index (χ1v) is 16.5. The molecule has 3 N–H and O–H groups in total. The summed E-state index contributed by atoms with van der Waals surface area (Å²) >= 11 is 0. The Hall–Kier alpha value is -3.00. The summed E-state index contributed by atoms with van der Waals surface area (Å²) in [6.07, 6.45) is 2.92. The summed E-state index contributed by atoms with van der Waals surface area (Å²) in [6.45, 7) is 12.1. The summed E-state index contributed by atoms with van der Waals surface area (Å²) < 4.78 is 60.8. The topological polar surface area (TPSA) is 174 Å². The van der Waals surface area contributed by atoms with Gasteiger partial charge in [0.05, 0.1) is 6.61 Å². The van der Waals surface area contributed by atoms with Crippen molar-refractivity contribution in [3.8, 4) is 0 Å². The number of aromatic nitrogens is 2. The number of alkyl halides is 2. The molecular formula is C34H50F4LiN4O8-. The average molecular weight is 726 g/mol. The van der Waals surface area contributed by atoms with E-state index in [1.54, 1.807) is 6.92 Å². The molecule has 2 aliphatic heterocycles. The van der Waals surface area contributed by atoms with Crippen molar-refractivity contribution in [2.45, 2.75) is 84.7 Å². The van der Waals surface area contributed by atoms with Crippen molar-refractivity contribution in [3.05, 3.63) is 68.0 Å². The zero-order valence-corrected chi connectivity index (χ0v) is 30.2. The number of hydrogen-bond acceptors (Lipinski definition) is 9. The van der Waals surface area contributed by atoms with Gasteiger partial charge in [-0.2, -0.15) is 0 Å². The normalized spacial score (nSPS) is 16.0. The van der Waals surface area contributed by atoms with Crippen LogP contribution in [0.1, 0.15) is 70.7 Å². The van der Waals surface area contributed by atoms with Gasteiger partial charge in [-0.1, -0.05) is 27.7 Å². The molecule has 51 heavy (non-hydrogen) atoms. The minimum atomic E-state index is -1.15. The number of nitrogens with zero attached hydrogens (tertiary/aromatic N) is 4. The van der Waals surface area contributed by atoms with Gasteiger partial charge in [0.1, 0.15) is 24.4 Å². The first-order chi connectivity index (χ1) is 22.6. The Morgan fingerprint density at radius 3 is 1.49 bits per heavy atom. The van der Waals surface area contributed by atoms with E-state index in [2.05, 4.69) is 0 Å². The van der Waals surface area contributed by atoms with Gasteiger partial charge < -0.3 is 20.8 Å². The SMILES string of the molecule is CC(C)CC(C(=O)O)n1cc(CCN2CC(F)C2)cc(F)c1=O.CCOC(=O)C(CC(C)C)n1cc(CCN2CC(F)C2)cc(F)c1=O.[Li+].[OH-].[OH-]. The average Bonchev–Trinajstić information content (AvgIpc) is 2.97. The van der Waals surface area contributed by atoms with E-state index in [0.717, 1.165) is 15.2 Å². The zero-order chi connectivity index (χ0) is 35.7. The number of esters is 1. The van der Waals surface area contributed by atoms with Crippen LogP contribution in [0.5, 0.6) is 0 Å². The molecule has 12 nitrogen and oxygen atoms in total. The maximum atomic E-state index is 14.1. The minimum absolute atomic E-state index is 0. The van der Waals surface area contributed by atoms with E-state index in [4.69, 9.17) is 4.74 Å². The van der Waals surface area contributed by atoms with E-state index in [-0.39, 0.29) is 54.7 Å². The van der Waals surface area contributed by atoms with E-state index >= 15 is 0 Å². The van der Waals surface area contributed by atoms with Crippen LogP contribution in [0.2, 0.25) is 0 Å². The van der Waals surface area contributed by atoms with E-state index < -0.39 is 59.1 Å². The predicted octanol–water partition coefficient (Wildman–Crippen LogP) is 0.840. The number of aliphatic carboxylic acids is 1. The Kier molecular flexibility index (Phi) is 20.8. The molecule has 2 atom stereocenters. The summed E-state index contributed by atoms with van der Waals surface area (Å²) in [6, 6.07) is 0.403. The summed E-state index contributed by atoms with van der Waals surface area (Å²) in [5, 5.41) is 9.34. The van der Waals surface area contributed by atoms with Gasteiger partial charge in [0.25, 0.3) is 11.1 Å². The number of hydrogen-bond donors (Lipinski definition) is 1. The fourth-order valence-electron chi connectivity index (χ4n) is 5.72. The van der Waals surface area contributed by atoms with Gasteiger partial charge in [0, 0.05) is 51.7 Å². The van der Waals surface area contributed by atoms with Crippen LogP contribution in [0.4, 0.5) is 17.6 Å². The third-order valence-corrected chi connectivity index (χ3v) is 8.27. The van der Waals surface area contributed by atoms with Crippen LogP contribution in [0.25, 0.3) is 0 Å². The number of carbonyl (C=O) groups is 2. The van der Waals surface area contributed by atoms with Gasteiger partial charge in [-0.05, 0) is 67.7 Å². The third kappa shape index (κ3) is 14.2. The smallest absolute Gasteiger partial charge is 0.870 e. The second kappa shape index (κ2) is 22.2. The van der Waals surface area contributed by atoms with Crippen LogP contribution in [0.15, 0.2) is 34.1 Å². The molecule has 0 bridgehead atoms. The first kappa shape index (κ1) is 48.0. The number of ether oxygens (including phenoxy) is 1. The molecule has 0 aliphatic carbocycles. The van der Waals surface area contributed by atoms with Crippen LogP contribution < -0.4 is 30.0 Å². The molecule has 2 aliphatic rings. The van der Waals surface area contributed by atoms with Crippen LogP contribution in [0, 0.1) is 23.5 Å². The molecule has 17 heteroatoms. The molecule has 0 amide bonds. The van der Waals surface area contributed by atoms with Gasteiger partial charge in [-0.15, -0.1) is 0 Å². The molecule has 0 aromatic carbocycles. The van der Waals surface area contributed by atoms with Gasteiger partial charge in [-0.25, -0.2) is 27.2 Å². The minimum Gasteiger partial charge on any atom is -0.870 e. The quantitative estimate of drug-likeness (QED) is 0.158. The molecule has 2 saturated heterocycles. The number of likely N-dealkylation sites (tertiary alicyclic amines) is 2. The summed E-state index contributed by atoms with van der Waals surface area (Å²) in [5.41, 5.74) is -0.596. The van der Waals surface area contributed by atoms with Gasteiger partial charge >= 0.3 is 30.8 Å². The second-order valence-electron chi connectivity index (χ2n) is 13.4. The van der Waals surface area contributed by atoms with Crippen molar-refractivity contribution in [1.29, 1.82) is 0 Å². The second-order valence-corrected chi connectivity index (χ2v) is 13.4. The van der Waals surface area contributed by atoms with Crippen molar-refractivity contribution in [2.75, 3.05) is 45.9 Å². The molecule has 4 heterocycles. The Morgan fingerprint density at radius 1 is 0.784 bits per heavy atom. The maximum absolute atomic E-state index is 14.1. The number of pyridine rings is 2. The molecule has 0 radical (unpaired) electrons. The standard InChI is InChI=1S/C18H26F2N2O3.C16H22F2N2O3.Li.2H2O/c1-4-25-18(24)16(7-12(2)3)22-9-13(8-15(20)17(22)23)5-6-21-10-14(19)11-21;1-10(2)5-14(16(22)23)20-7-11(6-13(18)15(20)21)3-4-19-8-12(17)9-19;;;/h8-9,12,14,16H,4-7,10-11H2,1-3H3;6-7,10,12,14H,3-5,8-9H2,1-2H3,(H,22,23);;2*1H2/q;;+1;;/p-2. The third-order valence-electron chi connectivity index (χ3n) is 8.27. The van der Waals surface area contributed by atoms with Crippen molar-refractivity contribution < 1.29 is 66.8 Å². The number of rotatable bonds is 15. The zero-order valence-electron chi connectivity index (χ0n) is 30.2. The van der Waals surface area contributed by atoms with E-state index in [9.17, 15) is 41.8 Å². The Labute approximate surface area is 307 Å². The summed E-state index contributed by atoms with van der Waals surface area (Å²) in [5.74, 6) is -3.34. The van der Waals surface area contributed by atoms with Crippen molar-refractivity contribution in [1.82, 2.24) is 18.9 Å². The fourth-order valence-corrected chi connectivity index (χ4v) is 5.72. The number of carboxylic acids is 1. The predicted molar refractivity (Wildman–Crippen MR) is 177 cm³/mol. The van der Waals surface area contributed by atoms with Crippen LogP contribution in [-0.4, -0.2) is 105 Å². The molecule has 2 unspecified atom stereocenters. The number of halogens is 4. The van der Waals surface area contributed by atoms with Crippen LogP contribution in [-0.2, 0) is 27.2 Å². The van der Waals surface area contributed by atoms with Crippen molar-refractivity contribution in [3.63, 3.8) is 0 Å². The van der Waals surface area contributed by atoms with Crippen LogP contribution in [0.3, 0.4) is 0 Å². The maximum Gasteiger partial charge on any atom is 1.00 e.